The summed E-state index contributed by atoms with van der Waals surface area (Å²) in [6.45, 7) is 5.31. The highest BCUT2D eigenvalue weighted by Crippen LogP contribution is 2.25. The lowest BCUT2D eigenvalue weighted by Crippen LogP contribution is -2.57. The van der Waals surface area contributed by atoms with E-state index in [9.17, 15) is 13.2 Å². The number of guanidine groups is 1. The fourth-order valence-electron chi connectivity index (χ4n) is 3.75. The van der Waals surface area contributed by atoms with Crippen LogP contribution in [0.5, 0.6) is 0 Å². The first-order valence-electron chi connectivity index (χ1n) is 9.97. The monoisotopic (exact) mass is 401 g/mol. The number of aryl methyl sites for hydroxylation is 1. The zero-order chi connectivity index (χ0) is 20.3. The number of aromatic nitrogens is 3. The second-order valence-corrected chi connectivity index (χ2v) is 7.73. The lowest BCUT2D eigenvalue weighted by atomic mass is 10.2. The van der Waals surface area contributed by atoms with Crippen LogP contribution >= 0.6 is 0 Å². The molecule has 7 nitrogen and oxygen atoms in total. The van der Waals surface area contributed by atoms with Crippen molar-refractivity contribution in [3.05, 3.63) is 11.6 Å². The molecule has 1 aliphatic carbocycles. The normalized spacial score (nSPS) is 21.4. The van der Waals surface area contributed by atoms with E-state index in [0.29, 0.717) is 38.8 Å². The molecule has 2 heterocycles. The number of rotatable bonds is 4. The standard InChI is InChI=1S/C18H30F3N7/c1-13(18(19,20)21)27-8-10-28(11-9-27)17(23-15-6-4-5-7-15)22-12-16-25-24-14(2)26(16)3/h13,15H,4-12H2,1-3H3,(H,22,23). The molecule has 1 aromatic heterocycles. The van der Waals surface area contributed by atoms with Gasteiger partial charge >= 0.3 is 6.18 Å². The molecular weight excluding hydrogens is 371 g/mol. The number of nitrogens with zero attached hydrogens (tertiary/aromatic N) is 6. The summed E-state index contributed by atoms with van der Waals surface area (Å²) >= 11 is 0. The van der Waals surface area contributed by atoms with Gasteiger partial charge in [-0.2, -0.15) is 13.2 Å². The van der Waals surface area contributed by atoms with Gasteiger partial charge in [0.15, 0.2) is 11.8 Å². The van der Waals surface area contributed by atoms with E-state index in [1.54, 1.807) is 0 Å². The Morgan fingerprint density at radius 1 is 1.18 bits per heavy atom. The van der Waals surface area contributed by atoms with Crippen molar-refractivity contribution in [1.82, 2.24) is 29.9 Å². The van der Waals surface area contributed by atoms with Crippen LogP contribution in [0.1, 0.15) is 44.3 Å². The maximum atomic E-state index is 13.0. The van der Waals surface area contributed by atoms with Crippen molar-refractivity contribution in [2.75, 3.05) is 26.2 Å². The first kappa shape index (κ1) is 20.9. The molecule has 1 saturated carbocycles. The summed E-state index contributed by atoms with van der Waals surface area (Å²) in [6, 6.07) is -1.04. The van der Waals surface area contributed by atoms with E-state index < -0.39 is 12.2 Å². The van der Waals surface area contributed by atoms with Gasteiger partial charge in [-0.1, -0.05) is 12.8 Å². The number of aliphatic imine (C=N–C) groups is 1. The molecule has 0 radical (unpaired) electrons. The predicted octanol–water partition coefficient (Wildman–Crippen LogP) is 2.08. The van der Waals surface area contributed by atoms with Gasteiger partial charge in [-0.15, -0.1) is 10.2 Å². The average molecular weight is 401 g/mol. The quantitative estimate of drug-likeness (QED) is 0.618. The molecule has 0 amide bonds. The van der Waals surface area contributed by atoms with E-state index in [-0.39, 0.29) is 0 Å². The molecule has 1 aromatic rings. The highest BCUT2D eigenvalue weighted by Gasteiger charge is 2.41. The zero-order valence-corrected chi connectivity index (χ0v) is 16.8. The van der Waals surface area contributed by atoms with Crippen LogP contribution in [0.4, 0.5) is 13.2 Å². The SMILES string of the molecule is Cc1nnc(CN=C(NC2CCCC2)N2CCN(C(C)C(F)(F)F)CC2)n1C. The number of hydrogen-bond donors (Lipinski definition) is 1. The maximum Gasteiger partial charge on any atom is 0.403 e. The lowest BCUT2D eigenvalue weighted by Gasteiger charge is -2.40. The summed E-state index contributed by atoms with van der Waals surface area (Å²) < 4.78 is 40.9. The summed E-state index contributed by atoms with van der Waals surface area (Å²) in [4.78, 5) is 8.31. The molecule has 1 saturated heterocycles. The number of nitrogens with one attached hydrogen (secondary N) is 1. The molecule has 3 rings (SSSR count). The average Bonchev–Trinajstić information content (AvgIpc) is 3.28. The Hall–Kier alpha value is -1.84. The summed E-state index contributed by atoms with van der Waals surface area (Å²) in [5.41, 5.74) is 0. The molecular formula is C18H30F3N7. The Balaban J connectivity index is 1.67. The van der Waals surface area contributed by atoms with Gasteiger partial charge in [0.1, 0.15) is 18.4 Å². The summed E-state index contributed by atoms with van der Waals surface area (Å²) in [5.74, 6) is 2.37. The van der Waals surface area contributed by atoms with Crippen molar-refractivity contribution in [2.24, 2.45) is 12.0 Å². The van der Waals surface area contributed by atoms with Crippen molar-refractivity contribution in [3.63, 3.8) is 0 Å². The third kappa shape index (κ3) is 4.95. The fraction of sp³-hybridized carbons (Fsp3) is 0.833. The van der Waals surface area contributed by atoms with Crippen LogP contribution < -0.4 is 5.32 Å². The lowest BCUT2D eigenvalue weighted by molar-refractivity contribution is -0.181. The van der Waals surface area contributed by atoms with Gasteiger partial charge in [0.25, 0.3) is 0 Å². The Labute approximate surface area is 164 Å². The minimum Gasteiger partial charge on any atom is -0.353 e. The Bertz CT molecular complexity index is 671. The summed E-state index contributed by atoms with van der Waals surface area (Å²) in [7, 11) is 1.90. The van der Waals surface area contributed by atoms with Gasteiger partial charge in [0, 0.05) is 39.3 Å². The van der Waals surface area contributed by atoms with Crippen LogP contribution in [0.2, 0.25) is 0 Å². The van der Waals surface area contributed by atoms with Crippen molar-refractivity contribution in [3.8, 4) is 0 Å². The Morgan fingerprint density at radius 2 is 1.82 bits per heavy atom. The molecule has 28 heavy (non-hydrogen) atoms. The molecule has 1 unspecified atom stereocenters. The Kier molecular flexibility index (Phi) is 6.47. The van der Waals surface area contributed by atoms with E-state index >= 15 is 0 Å². The van der Waals surface area contributed by atoms with Crippen LogP contribution in [-0.4, -0.2) is 75.0 Å². The van der Waals surface area contributed by atoms with E-state index in [0.717, 1.165) is 30.5 Å². The van der Waals surface area contributed by atoms with Crippen LogP contribution in [0, 0.1) is 6.92 Å². The number of alkyl halides is 3. The highest BCUT2D eigenvalue weighted by atomic mass is 19.4. The zero-order valence-electron chi connectivity index (χ0n) is 16.8. The van der Waals surface area contributed by atoms with Crippen LogP contribution in [0.15, 0.2) is 4.99 Å². The Morgan fingerprint density at radius 3 is 2.36 bits per heavy atom. The third-order valence-electron chi connectivity index (χ3n) is 5.88. The minimum atomic E-state index is -4.19. The van der Waals surface area contributed by atoms with Crippen molar-refractivity contribution >= 4 is 5.96 Å². The van der Waals surface area contributed by atoms with E-state index in [1.807, 2.05) is 18.5 Å². The second kappa shape index (κ2) is 8.67. The molecule has 1 atom stereocenters. The first-order chi connectivity index (χ1) is 13.3. The van der Waals surface area contributed by atoms with Gasteiger partial charge in [-0.05, 0) is 26.7 Å². The van der Waals surface area contributed by atoms with E-state index in [4.69, 9.17) is 4.99 Å². The topological polar surface area (TPSA) is 61.6 Å². The molecule has 1 aliphatic heterocycles. The van der Waals surface area contributed by atoms with Crippen molar-refractivity contribution < 1.29 is 13.2 Å². The molecule has 0 spiro atoms. The number of piperazine rings is 1. The predicted molar refractivity (Wildman–Crippen MR) is 101 cm³/mol. The molecule has 0 aromatic carbocycles. The number of halogens is 3. The van der Waals surface area contributed by atoms with E-state index in [2.05, 4.69) is 20.4 Å². The molecule has 2 fully saturated rings. The van der Waals surface area contributed by atoms with Gasteiger partial charge < -0.3 is 14.8 Å². The second-order valence-electron chi connectivity index (χ2n) is 7.73. The third-order valence-corrected chi connectivity index (χ3v) is 5.88. The molecule has 1 N–H and O–H groups in total. The molecule has 0 bridgehead atoms. The van der Waals surface area contributed by atoms with Gasteiger partial charge in [-0.3, -0.25) is 4.90 Å². The van der Waals surface area contributed by atoms with Gasteiger partial charge in [0.05, 0.1) is 0 Å². The molecule has 2 aliphatic rings. The first-order valence-corrected chi connectivity index (χ1v) is 9.97. The largest absolute Gasteiger partial charge is 0.403 e. The summed E-state index contributed by atoms with van der Waals surface area (Å²) in [5, 5.41) is 11.7. The number of hydrogen-bond acceptors (Lipinski definition) is 4. The van der Waals surface area contributed by atoms with Crippen molar-refractivity contribution in [2.45, 2.75) is 64.3 Å². The molecule has 158 valence electrons. The van der Waals surface area contributed by atoms with Gasteiger partial charge in [-0.25, -0.2) is 4.99 Å². The molecule has 10 heteroatoms. The minimum absolute atomic E-state index is 0.370. The maximum absolute atomic E-state index is 13.0. The van der Waals surface area contributed by atoms with Gasteiger partial charge in [0.2, 0.25) is 0 Å². The van der Waals surface area contributed by atoms with E-state index in [1.165, 1.54) is 24.7 Å². The van der Waals surface area contributed by atoms with Crippen LogP contribution in [0.25, 0.3) is 0 Å². The smallest absolute Gasteiger partial charge is 0.353 e. The van der Waals surface area contributed by atoms with Crippen LogP contribution in [-0.2, 0) is 13.6 Å². The van der Waals surface area contributed by atoms with Crippen LogP contribution in [0.3, 0.4) is 0 Å². The summed E-state index contributed by atoms with van der Waals surface area (Å²) in [6.07, 6.45) is 0.416. The fourth-order valence-corrected chi connectivity index (χ4v) is 3.75. The highest BCUT2D eigenvalue weighted by molar-refractivity contribution is 5.80. The van der Waals surface area contributed by atoms with Crippen molar-refractivity contribution in [1.29, 1.82) is 0 Å².